The Hall–Kier alpha value is -0.830. The zero-order valence-corrected chi connectivity index (χ0v) is 9.58. The second-order valence-corrected chi connectivity index (χ2v) is 3.84. The molecule has 3 heteroatoms. The van der Waals surface area contributed by atoms with E-state index in [1.165, 1.54) is 19.3 Å². The number of rotatable bonds is 5. The van der Waals surface area contributed by atoms with Gasteiger partial charge in [0.1, 0.15) is 0 Å². The third-order valence-electron chi connectivity index (χ3n) is 2.56. The Morgan fingerprint density at radius 2 is 2.07 bits per heavy atom. The molecule has 1 heterocycles. The highest BCUT2D eigenvalue weighted by molar-refractivity contribution is 5.87. The first-order valence-electron chi connectivity index (χ1n) is 5.87. The molecule has 0 aromatic carbocycles. The van der Waals surface area contributed by atoms with E-state index in [0.29, 0.717) is 13.2 Å². The summed E-state index contributed by atoms with van der Waals surface area (Å²) in [4.78, 5) is 13.5. The summed E-state index contributed by atoms with van der Waals surface area (Å²) in [6.45, 7) is 5.00. The topological polar surface area (TPSA) is 29.5 Å². The molecule has 1 amide bonds. The monoisotopic (exact) mass is 211 g/mol. The van der Waals surface area contributed by atoms with Gasteiger partial charge in [-0.2, -0.15) is 0 Å². The molecule has 0 N–H and O–H groups in total. The summed E-state index contributed by atoms with van der Waals surface area (Å²) < 4.78 is 5.19. The van der Waals surface area contributed by atoms with Gasteiger partial charge in [-0.3, -0.25) is 4.79 Å². The van der Waals surface area contributed by atoms with Crippen molar-refractivity contribution < 1.29 is 9.53 Å². The number of carbonyl (C=O) groups is 1. The highest BCUT2D eigenvalue weighted by atomic mass is 16.5. The van der Waals surface area contributed by atoms with Crippen molar-refractivity contribution in [3.05, 3.63) is 12.2 Å². The lowest BCUT2D eigenvalue weighted by Crippen LogP contribution is -2.39. The van der Waals surface area contributed by atoms with E-state index < -0.39 is 0 Å². The zero-order chi connectivity index (χ0) is 10.9. The van der Waals surface area contributed by atoms with Crippen LogP contribution in [0.2, 0.25) is 0 Å². The van der Waals surface area contributed by atoms with Crippen molar-refractivity contribution >= 4 is 5.91 Å². The third-order valence-corrected chi connectivity index (χ3v) is 2.56. The molecule has 1 fully saturated rings. The fraction of sp³-hybridized carbons (Fsp3) is 0.750. The van der Waals surface area contributed by atoms with Gasteiger partial charge in [-0.25, -0.2) is 0 Å². The van der Waals surface area contributed by atoms with Gasteiger partial charge in [0.15, 0.2) is 0 Å². The van der Waals surface area contributed by atoms with Crippen molar-refractivity contribution in [2.45, 2.75) is 32.6 Å². The number of ether oxygens (including phenoxy) is 1. The molecular weight excluding hydrogens is 190 g/mol. The maximum Gasteiger partial charge on any atom is 0.246 e. The fourth-order valence-electron chi connectivity index (χ4n) is 1.59. The molecule has 0 unspecified atom stereocenters. The predicted octanol–water partition coefficient (Wildman–Crippen LogP) is 1.98. The van der Waals surface area contributed by atoms with Crippen LogP contribution < -0.4 is 0 Å². The number of unbranched alkanes of at least 4 members (excludes halogenated alkanes) is 3. The van der Waals surface area contributed by atoms with Gasteiger partial charge in [0.25, 0.3) is 0 Å². The maximum atomic E-state index is 11.6. The fourth-order valence-corrected chi connectivity index (χ4v) is 1.59. The smallest absolute Gasteiger partial charge is 0.246 e. The summed E-state index contributed by atoms with van der Waals surface area (Å²) in [5.41, 5.74) is 0. The van der Waals surface area contributed by atoms with Crippen LogP contribution in [0.25, 0.3) is 0 Å². The van der Waals surface area contributed by atoms with Gasteiger partial charge >= 0.3 is 0 Å². The van der Waals surface area contributed by atoms with Gasteiger partial charge in [0.05, 0.1) is 13.2 Å². The Labute approximate surface area is 92.1 Å². The average molecular weight is 211 g/mol. The second kappa shape index (κ2) is 7.46. The van der Waals surface area contributed by atoms with Crippen LogP contribution in [0.4, 0.5) is 0 Å². The van der Waals surface area contributed by atoms with Crippen molar-refractivity contribution in [1.29, 1.82) is 0 Å². The highest BCUT2D eigenvalue weighted by Gasteiger charge is 2.13. The van der Waals surface area contributed by atoms with Crippen LogP contribution in [-0.2, 0) is 9.53 Å². The van der Waals surface area contributed by atoms with E-state index in [1.54, 1.807) is 6.08 Å². The highest BCUT2D eigenvalue weighted by Crippen LogP contribution is 2.02. The van der Waals surface area contributed by atoms with Gasteiger partial charge in [-0.15, -0.1) is 0 Å². The number of hydrogen-bond donors (Lipinski definition) is 0. The minimum Gasteiger partial charge on any atom is -0.378 e. The first-order chi connectivity index (χ1) is 7.34. The van der Waals surface area contributed by atoms with Gasteiger partial charge < -0.3 is 9.64 Å². The van der Waals surface area contributed by atoms with E-state index in [0.717, 1.165) is 19.5 Å². The van der Waals surface area contributed by atoms with Crippen molar-refractivity contribution in [1.82, 2.24) is 4.90 Å². The molecule has 1 rings (SSSR count). The normalized spacial score (nSPS) is 17.3. The summed E-state index contributed by atoms with van der Waals surface area (Å²) in [5, 5.41) is 0. The number of amides is 1. The molecule has 1 aliphatic heterocycles. The summed E-state index contributed by atoms with van der Waals surface area (Å²) >= 11 is 0. The molecule has 86 valence electrons. The standard InChI is InChI=1S/C12H21NO2/c1-2-3-4-5-6-7-12(14)13-8-10-15-11-9-13/h6-7H,2-5,8-11H2,1H3/b7-6+. The Bertz CT molecular complexity index is 208. The molecule has 0 aromatic rings. The molecule has 0 bridgehead atoms. The Balaban J connectivity index is 2.15. The van der Waals surface area contributed by atoms with E-state index >= 15 is 0 Å². The molecule has 3 nitrogen and oxygen atoms in total. The molecule has 0 saturated carbocycles. The van der Waals surface area contributed by atoms with Crippen LogP contribution >= 0.6 is 0 Å². The Morgan fingerprint density at radius 3 is 2.73 bits per heavy atom. The zero-order valence-electron chi connectivity index (χ0n) is 9.58. The van der Waals surface area contributed by atoms with Crippen LogP contribution in [0.3, 0.4) is 0 Å². The Morgan fingerprint density at radius 1 is 1.33 bits per heavy atom. The number of allylic oxidation sites excluding steroid dienone is 1. The predicted molar refractivity (Wildman–Crippen MR) is 60.7 cm³/mol. The largest absolute Gasteiger partial charge is 0.378 e. The second-order valence-electron chi connectivity index (χ2n) is 3.84. The van der Waals surface area contributed by atoms with Gasteiger partial charge in [-0.1, -0.05) is 25.8 Å². The van der Waals surface area contributed by atoms with Crippen molar-refractivity contribution in [3.8, 4) is 0 Å². The average Bonchev–Trinajstić information content (AvgIpc) is 2.30. The lowest BCUT2D eigenvalue weighted by Gasteiger charge is -2.25. The van der Waals surface area contributed by atoms with Crippen molar-refractivity contribution in [3.63, 3.8) is 0 Å². The van der Waals surface area contributed by atoms with Crippen molar-refractivity contribution in [2.24, 2.45) is 0 Å². The molecule has 15 heavy (non-hydrogen) atoms. The minimum atomic E-state index is 0.134. The van der Waals surface area contributed by atoms with Crippen LogP contribution in [0, 0.1) is 0 Å². The van der Waals surface area contributed by atoms with Gasteiger partial charge in [0.2, 0.25) is 5.91 Å². The molecule has 0 aromatic heterocycles. The third kappa shape index (κ3) is 4.98. The quantitative estimate of drug-likeness (QED) is 0.514. The summed E-state index contributed by atoms with van der Waals surface area (Å²) in [7, 11) is 0. The molecule has 0 radical (unpaired) electrons. The first kappa shape index (κ1) is 12.2. The Kier molecular flexibility index (Phi) is 6.09. The van der Waals surface area contributed by atoms with E-state index in [4.69, 9.17) is 4.74 Å². The lowest BCUT2D eigenvalue weighted by atomic mass is 10.2. The van der Waals surface area contributed by atoms with Gasteiger partial charge in [-0.05, 0) is 18.9 Å². The van der Waals surface area contributed by atoms with E-state index in [2.05, 4.69) is 6.92 Å². The van der Waals surface area contributed by atoms with E-state index in [-0.39, 0.29) is 5.91 Å². The van der Waals surface area contributed by atoms with E-state index in [9.17, 15) is 4.79 Å². The number of morpholine rings is 1. The van der Waals surface area contributed by atoms with Crippen LogP contribution in [-0.4, -0.2) is 37.1 Å². The summed E-state index contributed by atoms with van der Waals surface area (Å²) in [5.74, 6) is 0.134. The van der Waals surface area contributed by atoms with Crippen molar-refractivity contribution in [2.75, 3.05) is 26.3 Å². The summed E-state index contributed by atoms with van der Waals surface area (Å²) in [6.07, 6.45) is 8.38. The molecular formula is C12H21NO2. The maximum absolute atomic E-state index is 11.6. The lowest BCUT2D eigenvalue weighted by molar-refractivity contribution is -0.129. The molecule has 0 spiro atoms. The van der Waals surface area contributed by atoms with E-state index in [1.807, 2.05) is 11.0 Å². The van der Waals surface area contributed by atoms with Gasteiger partial charge in [0, 0.05) is 13.1 Å². The number of hydrogen-bond acceptors (Lipinski definition) is 2. The first-order valence-corrected chi connectivity index (χ1v) is 5.87. The molecule has 0 aliphatic carbocycles. The van der Waals surface area contributed by atoms with Crippen LogP contribution in [0.15, 0.2) is 12.2 Å². The molecule has 1 aliphatic rings. The van der Waals surface area contributed by atoms with Crippen LogP contribution in [0.5, 0.6) is 0 Å². The summed E-state index contributed by atoms with van der Waals surface area (Å²) in [6, 6.07) is 0. The van der Waals surface area contributed by atoms with Crippen LogP contribution in [0.1, 0.15) is 32.6 Å². The number of carbonyl (C=O) groups excluding carboxylic acids is 1. The SMILES string of the molecule is CCCCC/C=C/C(=O)N1CCOCC1. The molecule has 1 saturated heterocycles. The minimum absolute atomic E-state index is 0.134. The number of nitrogens with zero attached hydrogens (tertiary/aromatic N) is 1. The molecule has 0 atom stereocenters.